The summed E-state index contributed by atoms with van der Waals surface area (Å²) in [6, 6.07) is 0. The predicted molar refractivity (Wildman–Crippen MR) is 183 cm³/mol. The minimum atomic E-state index is 0.0928. The van der Waals surface area contributed by atoms with Crippen LogP contribution in [0.4, 0.5) is 0 Å². The molecule has 2 atom stereocenters. The van der Waals surface area contributed by atoms with Crippen LogP contribution >= 0.6 is 0 Å². The first-order valence-electron chi connectivity index (χ1n) is 15.4. The van der Waals surface area contributed by atoms with Gasteiger partial charge in [-0.15, -0.1) is 0 Å². The minimum absolute atomic E-state index is 0.0928. The van der Waals surface area contributed by atoms with Crippen LogP contribution in [0, 0.1) is 11.3 Å². The molecule has 1 nitrogen and oxygen atoms in total. The molecule has 0 amide bonds. The summed E-state index contributed by atoms with van der Waals surface area (Å²) >= 11 is 0. The van der Waals surface area contributed by atoms with Crippen molar-refractivity contribution in [2.45, 2.75) is 107 Å². The molecule has 0 aromatic rings. The second-order valence-electron chi connectivity index (χ2n) is 13.2. The molecule has 222 valence electrons. The summed E-state index contributed by atoms with van der Waals surface area (Å²) in [4.78, 5) is 0. The summed E-state index contributed by atoms with van der Waals surface area (Å²) in [6.45, 7) is 22.1. The third-order valence-corrected chi connectivity index (χ3v) is 8.11. The van der Waals surface area contributed by atoms with Gasteiger partial charge in [-0.3, -0.25) is 0 Å². The van der Waals surface area contributed by atoms with Gasteiger partial charge in [0, 0.05) is 5.92 Å². The Morgan fingerprint density at radius 2 is 1.20 bits per heavy atom. The van der Waals surface area contributed by atoms with Gasteiger partial charge in [0.05, 0.1) is 11.7 Å². The third kappa shape index (κ3) is 13.5. The fraction of sp³-hybridized carbons (Fsp3) is 0.450. The van der Waals surface area contributed by atoms with E-state index in [2.05, 4.69) is 166 Å². The van der Waals surface area contributed by atoms with Crippen LogP contribution in [0.15, 0.2) is 131 Å². The lowest BCUT2D eigenvalue weighted by atomic mass is 9.68. The van der Waals surface area contributed by atoms with Crippen LogP contribution in [0.1, 0.15) is 94.9 Å². The molecule has 0 spiro atoms. The average Bonchev–Trinajstić information content (AvgIpc) is 3.50. The Balaban J connectivity index is 1.78. The van der Waals surface area contributed by atoms with E-state index in [0.717, 1.165) is 12.8 Å². The molecule has 1 heterocycles. The van der Waals surface area contributed by atoms with Crippen molar-refractivity contribution in [3.8, 4) is 0 Å². The van der Waals surface area contributed by atoms with E-state index < -0.39 is 0 Å². The quantitative estimate of drug-likeness (QED) is 0.126. The predicted octanol–water partition coefficient (Wildman–Crippen LogP) is 11.8. The van der Waals surface area contributed by atoms with Crippen LogP contribution in [-0.2, 0) is 4.74 Å². The first-order chi connectivity index (χ1) is 19.3. The van der Waals surface area contributed by atoms with Gasteiger partial charge in [-0.2, -0.15) is 0 Å². The van der Waals surface area contributed by atoms with E-state index in [0.29, 0.717) is 17.4 Å². The van der Waals surface area contributed by atoms with Gasteiger partial charge in [0.15, 0.2) is 0 Å². The van der Waals surface area contributed by atoms with Crippen LogP contribution in [0.5, 0.6) is 0 Å². The summed E-state index contributed by atoms with van der Waals surface area (Å²) in [5, 5.41) is 0. The van der Waals surface area contributed by atoms with E-state index in [1.54, 1.807) is 0 Å². The SMILES string of the molecule is CC1=CCCC(C)(C)C1/C=C/C(C)=C/C=C/C(C)=C/C=C/C=C(C)/C=C/C=C(C)/C=C/C=C(\C)CCC1OC1(C)C. The fourth-order valence-electron chi connectivity index (χ4n) is 5.12. The van der Waals surface area contributed by atoms with E-state index >= 15 is 0 Å². The maximum Gasteiger partial charge on any atom is 0.0892 e. The van der Waals surface area contributed by atoms with E-state index in [-0.39, 0.29) is 5.60 Å². The second kappa shape index (κ2) is 16.5. The first kappa shape index (κ1) is 34.3. The van der Waals surface area contributed by atoms with Gasteiger partial charge in [0.25, 0.3) is 0 Å². The van der Waals surface area contributed by atoms with Crippen LogP contribution in [0.25, 0.3) is 0 Å². The molecule has 41 heavy (non-hydrogen) atoms. The van der Waals surface area contributed by atoms with Gasteiger partial charge in [0.1, 0.15) is 0 Å². The van der Waals surface area contributed by atoms with Crippen molar-refractivity contribution in [2.24, 2.45) is 11.3 Å². The molecule has 0 aromatic carbocycles. The highest BCUT2D eigenvalue weighted by Crippen LogP contribution is 2.41. The summed E-state index contributed by atoms with van der Waals surface area (Å²) in [7, 11) is 0. The molecular weight excluding hydrogens is 496 g/mol. The molecule has 1 saturated heterocycles. The Morgan fingerprint density at radius 1 is 0.732 bits per heavy atom. The van der Waals surface area contributed by atoms with Crippen molar-refractivity contribution in [3.05, 3.63) is 131 Å². The number of allylic oxidation sites excluding steroid dienone is 22. The summed E-state index contributed by atoms with van der Waals surface area (Å²) in [6.07, 6.45) is 40.0. The van der Waals surface area contributed by atoms with E-state index in [4.69, 9.17) is 4.74 Å². The number of ether oxygens (including phenoxy) is 1. The van der Waals surface area contributed by atoms with Crippen molar-refractivity contribution in [2.75, 3.05) is 0 Å². The van der Waals surface area contributed by atoms with E-state index in [9.17, 15) is 0 Å². The van der Waals surface area contributed by atoms with Gasteiger partial charge < -0.3 is 4.74 Å². The standard InChI is InChI=1S/C40H56O/c1-31(19-13-21-33(3)22-15-24-35(5)27-29-38-40(9,10)41-38)17-11-12-18-32(2)20-14-23-34(4)26-28-37-36(6)25-16-30-39(37,7)8/h11-15,17-26,28,37-38H,16,27,29-30H2,1-10H3/b12-11+,19-13+,20-14+,22-15+,28-26+,31-17+,32-18+,33-21+,34-23+,35-24+. The molecule has 2 rings (SSSR count). The summed E-state index contributed by atoms with van der Waals surface area (Å²) in [5.74, 6) is 0.529. The number of hydrogen-bond acceptors (Lipinski definition) is 1. The van der Waals surface area contributed by atoms with Gasteiger partial charge in [-0.1, -0.05) is 145 Å². The van der Waals surface area contributed by atoms with Gasteiger partial charge in [0.2, 0.25) is 0 Å². The topological polar surface area (TPSA) is 12.5 Å². The van der Waals surface area contributed by atoms with E-state index in [1.165, 1.54) is 46.3 Å². The Kier molecular flexibility index (Phi) is 13.8. The average molecular weight is 553 g/mol. The third-order valence-electron chi connectivity index (χ3n) is 8.11. The minimum Gasteiger partial charge on any atom is -0.367 e. The van der Waals surface area contributed by atoms with Gasteiger partial charge in [-0.25, -0.2) is 0 Å². The van der Waals surface area contributed by atoms with Crippen molar-refractivity contribution in [1.82, 2.24) is 0 Å². The lowest BCUT2D eigenvalue weighted by Gasteiger charge is -2.36. The van der Waals surface area contributed by atoms with Crippen LogP contribution in [0.3, 0.4) is 0 Å². The molecule has 1 aliphatic heterocycles. The largest absolute Gasteiger partial charge is 0.367 e. The van der Waals surface area contributed by atoms with Crippen molar-refractivity contribution in [1.29, 1.82) is 0 Å². The normalized spacial score (nSPS) is 24.5. The lowest BCUT2D eigenvalue weighted by molar-refractivity contribution is 0.255. The molecule has 0 bridgehead atoms. The molecule has 1 aliphatic carbocycles. The van der Waals surface area contributed by atoms with Crippen LogP contribution < -0.4 is 0 Å². The molecule has 2 aliphatic rings. The summed E-state index contributed by atoms with van der Waals surface area (Å²) in [5.41, 5.74) is 8.28. The molecule has 1 fully saturated rings. The second-order valence-corrected chi connectivity index (χ2v) is 13.2. The van der Waals surface area contributed by atoms with Gasteiger partial charge >= 0.3 is 0 Å². The van der Waals surface area contributed by atoms with Crippen LogP contribution in [-0.4, -0.2) is 11.7 Å². The molecular formula is C40H56O. The molecule has 0 N–H and O–H groups in total. The Morgan fingerprint density at radius 3 is 1.68 bits per heavy atom. The zero-order valence-electron chi connectivity index (χ0n) is 27.6. The van der Waals surface area contributed by atoms with Crippen LogP contribution in [0.2, 0.25) is 0 Å². The maximum absolute atomic E-state index is 5.67. The number of rotatable bonds is 13. The zero-order chi connectivity index (χ0) is 30.5. The highest BCUT2D eigenvalue weighted by atomic mass is 16.6. The number of epoxide rings is 1. The highest BCUT2D eigenvalue weighted by molar-refractivity contribution is 5.33. The van der Waals surface area contributed by atoms with E-state index in [1.807, 2.05) is 0 Å². The first-order valence-corrected chi connectivity index (χ1v) is 15.4. The van der Waals surface area contributed by atoms with Gasteiger partial charge in [-0.05, 0) is 86.5 Å². The maximum atomic E-state index is 5.67. The Hall–Kier alpha value is -2.90. The Bertz CT molecular complexity index is 1210. The molecule has 0 aromatic heterocycles. The lowest BCUT2D eigenvalue weighted by Crippen LogP contribution is -2.26. The van der Waals surface area contributed by atoms with Crippen molar-refractivity contribution < 1.29 is 4.74 Å². The smallest absolute Gasteiger partial charge is 0.0892 e. The highest BCUT2D eigenvalue weighted by Gasteiger charge is 2.46. The van der Waals surface area contributed by atoms with Crippen molar-refractivity contribution in [3.63, 3.8) is 0 Å². The number of hydrogen-bond donors (Lipinski definition) is 0. The molecule has 2 unspecified atom stereocenters. The monoisotopic (exact) mass is 552 g/mol. The summed E-state index contributed by atoms with van der Waals surface area (Å²) < 4.78 is 5.67. The molecule has 0 radical (unpaired) electrons. The molecule has 1 heteroatoms. The van der Waals surface area contributed by atoms with Crippen molar-refractivity contribution >= 4 is 0 Å². The molecule has 0 saturated carbocycles. The zero-order valence-corrected chi connectivity index (χ0v) is 27.6. The Labute approximate surface area is 252 Å². The fourth-order valence-corrected chi connectivity index (χ4v) is 5.12.